The molecule has 0 aliphatic rings. The van der Waals surface area contributed by atoms with Crippen LogP contribution in [0, 0.1) is 4.91 Å². The Morgan fingerprint density at radius 1 is 1.29 bits per heavy atom. The molecule has 1 aromatic rings. The molecule has 0 bridgehead atoms. The van der Waals surface area contributed by atoms with E-state index in [4.69, 9.17) is 4.74 Å². The Hall–Kier alpha value is -1.71. The topological polar surface area (TPSA) is 88.1 Å². The van der Waals surface area contributed by atoms with Gasteiger partial charge in [-0.3, -0.25) is 4.79 Å². The number of benzene rings is 1. The Morgan fingerprint density at radius 3 is 2.62 bits per heavy atom. The van der Waals surface area contributed by atoms with Crippen molar-refractivity contribution < 1.29 is 14.3 Å². The highest BCUT2D eigenvalue weighted by Gasteiger charge is 2.15. The molecule has 0 unspecified atom stereocenters. The number of carbonyl (C=O) groups excluding carboxylic acids is 2. The molecule has 0 spiro atoms. The summed E-state index contributed by atoms with van der Waals surface area (Å²) in [6, 6.07) is 8.62. The van der Waals surface area contributed by atoms with Gasteiger partial charge in [-0.25, -0.2) is 4.79 Å². The molecule has 0 aromatic heterocycles. The average molecular weight is 405 g/mol. The highest BCUT2D eigenvalue weighted by molar-refractivity contribution is 14.1. The SMILES string of the molecule is O=NN(CCC(=O)OCc1ccccc1)C(=O)NCCI. The minimum Gasteiger partial charge on any atom is -0.461 e. The summed E-state index contributed by atoms with van der Waals surface area (Å²) in [5.74, 6) is -0.491. The summed E-state index contributed by atoms with van der Waals surface area (Å²) in [5, 5.41) is 5.77. The van der Waals surface area contributed by atoms with Crippen molar-refractivity contribution in [1.29, 1.82) is 0 Å². The minimum atomic E-state index is -0.613. The predicted molar refractivity (Wildman–Crippen MR) is 85.6 cm³/mol. The van der Waals surface area contributed by atoms with E-state index in [2.05, 4.69) is 33.2 Å². The third-order valence-electron chi connectivity index (χ3n) is 2.47. The largest absolute Gasteiger partial charge is 0.461 e. The van der Waals surface area contributed by atoms with Gasteiger partial charge in [0.2, 0.25) is 0 Å². The van der Waals surface area contributed by atoms with Crippen molar-refractivity contribution in [3.05, 3.63) is 40.8 Å². The Labute approximate surface area is 136 Å². The van der Waals surface area contributed by atoms with Gasteiger partial charge in [-0.2, -0.15) is 5.01 Å². The van der Waals surface area contributed by atoms with Crippen molar-refractivity contribution in [3.63, 3.8) is 0 Å². The zero-order valence-corrected chi connectivity index (χ0v) is 13.5. The second-order valence-electron chi connectivity index (χ2n) is 4.02. The quantitative estimate of drug-likeness (QED) is 0.236. The van der Waals surface area contributed by atoms with Gasteiger partial charge in [0.15, 0.2) is 0 Å². The van der Waals surface area contributed by atoms with Crippen LogP contribution < -0.4 is 5.32 Å². The molecule has 7 nitrogen and oxygen atoms in total. The number of ether oxygens (including phenoxy) is 1. The first kappa shape index (κ1) is 17.3. The van der Waals surface area contributed by atoms with E-state index in [1.54, 1.807) is 0 Å². The molecule has 114 valence electrons. The number of nitrogens with one attached hydrogen (secondary N) is 1. The van der Waals surface area contributed by atoms with Crippen LogP contribution in [0.5, 0.6) is 0 Å². The van der Waals surface area contributed by atoms with Gasteiger partial charge in [0.1, 0.15) is 6.61 Å². The maximum absolute atomic E-state index is 11.5. The van der Waals surface area contributed by atoms with Crippen LogP contribution in [0.25, 0.3) is 0 Å². The lowest BCUT2D eigenvalue weighted by molar-refractivity contribution is -0.145. The smallest absolute Gasteiger partial charge is 0.340 e. The number of esters is 1. The zero-order valence-electron chi connectivity index (χ0n) is 11.3. The van der Waals surface area contributed by atoms with Crippen LogP contribution in [-0.4, -0.2) is 34.5 Å². The van der Waals surface area contributed by atoms with Crippen molar-refractivity contribution in [2.45, 2.75) is 13.0 Å². The third-order valence-corrected chi connectivity index (χ3v) is 3.01. The molecule has 0 saturated carbocycles. The second-order valence-corrected chi connectivity index (χ2v) is 5.10. The molecule has 1 aromatic carbocycles. The van der Waals surface area contributed by atoms with Crippen molar-refractivity contribution in [1.82, 2.24) is 10.3 Å². The van der Waals surface area contributed by atoms with E-state index in [0.29, 0.717) is 11.6 Å². The number of amides is 2. The van der Waals surface area contributed by atoms with Crippen molar-refractivity contribution in [2.75, 3.05) is 17.5 Å². The highest BCUT2D eigenvalue weighted by Crippen LogP contribution is 2.02. The van der Waals surface area contributed by atoms with Gasteiger partial charge in [0.25, 0.3) is 0 Å². The normalized spacial score (nSPS) is 9.76. The van der Waals surface area contributed by atoms with E-state index in [0.717, 1.165) is 9.99 Å². The maximum atomic E-state index is 11.5. The lowest BCUT2D eigenvalue weighted by Crippen LogP contribution is -2.38. The van der Waals surface area contributed by atoms with Gasteiger partial charge < -0.3 is 10.1 Å². The number of hydrogen-bond donors (Lipinski definition) is 1. The molecule has 8 heteroatoms. The van der Waals surface area contributed by atoms with E-state index >= 15 is 0 Å². The molecule has 0 saturated heterocycles. The van der Waals surface area contributed by atoms with Gasteiger partial charge in [-0.05, 0) is 5.56 Å². The minimum absolute atomic E-state index is 0.0871. The van der Waals surface area contributed by atoms with E-state index in [9.17, 15) is 14.5 Å². The molecule has 0 atom stereocenters. The molecule has 0 aliphatic heterocycles. The zero-order chi connectivity index (χ0) is 15.5. The first-order valence-electron chi connectivity index (χ1n) is 6.31. The van der Waals surface area contributed by atoms with Crippen molar-refractivity contribution in [3.8, 4) is 0 Å². The van der Waals surface area contributed by atoms with Crippen LogP contribution in [0.15, 0.2) is 35.6 Å². The summed E-state index contributed by atoms with van der Waals surface area (Å²) in [6.07, 6.45) is -0.0871. The fourth-order valence-electron chi connectivity index (χ4n) is 1.43. The first-order valence-corrected chi connectivity index (χ1v) is 7.84. The van der Waals surface area contributed by atoms with Crippen LogP contribution in [-0.2, 0) is 16.1 Å². The number of rotatable bonds is 8. The molecule has 2 amide bonds. The first-order chi connectivity index (χ1) is 10.2. The molecule has 21 heavy (non-hydrogen) atoms. The number of halogens is 1. The fraction of sp³-hybridized carbons (Fsp3) is 0.385. The van der Waals surface area contributed by atoms with E-state index in [1.165, 1.54) is 0 Å². The van der Waals surface area contributed by atoms with Gasteiger partial charge in [0.05, 0.1) is 18.3 Å². The Balaban J connectivity index is 2.30. The van der Waals surface area contributed by atoms with Gasteiger partial charge in [0, 0.05) is 11.0 Å². The van der Waals surface area contributed by atoms with E-state index in [-0.39, 0.29) is 19.6 Å². The molecule has 0 fully saturated rings. The number of nitroso groups, excluding NO2 is 1. The molecule has 1 N–H and O–H groups in total. The summed E-state index contributed by atoms with van der Waals surface area (Å²) < 4.78 is 5.76. The Morgan fingerprint density at radius 2 is 2.00 bits per heavy atom. The molecule has 0 radical (unpaired) electrons. The van der Waals surface area contributed by atoms with Crippen LogP contribution in [0.2, 0.25) is 0 Å². The van der Waals surface area contributed by atoms with Gasteiger partial charge >= 0.3 is 12.0 Å². The number of hydrogen-bond acceptors (Lipinski definition) is 5. The molecule has 0 heterocycles. The molecule has 1 rings (SSSR count). The number of nitrogens with zero attached hydrogens (tertiary/aromatic N) is 2. The molecular weight excluding hydrogens is 389 g/mol. The Bertz CT molecular complexity index is 470. The summed E-state index contributed by atoms with van der Waals surface area (Å²) in [5.41, 5.74) is 0.871. The highest BCUT2D eigenvalue weighted by atomic mass is 127. The summed E-state index contributed by atoms with van der Waals surface area (Å²) in [4.78, 5) is 33.6. The average Bonchev–Trinajstić information content (AvgIpc) is 2.52. The lowest BCUT2D eigenvalue weighted by atomic mass is 10.2. The summed E-state index contributed by atoms with van der Waals surface area (Å²) >= 11 is 2.09. The van der Waals surface area contributed by atoms with Crippen LogP contribution in [0.4, 0.5) is 4.79 Å². The molecule has 0 aliphatic carbocycles. The Kier molecular flexibility index (Phi) is 8.32. The lowest BCUT2D eigenvalue weighted by Gasteiger charge is -2.13. The second kappa shape index (κ2) is 10.1. The van der Waals surface area contributed by atoms with Crippen LogP contribution in [0.1, 0.15) is 12.0 Å². The summed E-state index contributed by atoms with van der Waals surface area (Å²) in [7, 11) is 0. The number of urea groups is 1. The third kappa shape index (κ3) is 7.02. The number of alkyl halides is 1. The van der Waals surface area contributed by atoms with Crippen molar-refractivity contribution in [2.24, 2.45) is 5.29 Å². The molecular formula is C13H16IN3O4. The fourth-order valence-corrected chi connectivity index (χ4v) is 1.70. The van der Waals surface area contributed by atoms with E-state index in [1.807, 2.05) is 30.3 Å². The standard InChI is InChI=1S/C13H16IN3O4/c14-7-8-15-13(19)17(16-20)9-6-12(18)21-10-11-4-2-1-3-5-11/h1-5H,6-10H2,(H,15,19). The number of carbonyl (C=O) groups is 2. The van der Waals surface area contributed by atoms with E-state index < -0.39 is 12.0 Å². The van der Waals surface area contributed by atoms with Crippen molar-refractivity contribution >= 4 is 34.6 Å². The van der Waals surface area contributed by atoms with Crippen LogP contribution in [0.3, 0.4) is 0 Å². The monoisotopic (exact) mass is 405 g/mol. The predicted octanol–water partition coefficient (Wildman–Crippen LogP) is 2.25. The van der Waals surface area contributed by atoms with Gasteiger partial charge in [-0.1, -0.05) is 52.9 Å². The summed E-state index contributed by atoms with van der Waals surface area (Å²) in [6.45, 7) is 0.489. The van der Waals surface area contributed by atoms with Crippen LogP contribution >= 0.6 is 22.6 Å². The van der Waals surface area contributed by atoms with Gasteiger partial charge in [-0.15, -0.1) is 4.91 Å². The maximum Gasteiger partial charge on any atom is 0.340 e.